The molecule has 4 atom stereocenters. The molecule has 0 saturated heterocycles. The molecular formula is C14H29NO2. The largest absolute Gasteiger partial charge is 0.394 e. The van der Waals surface area contributed by atoms with E-state index in [9.17, 15) is 5.11 Å². The quantitative estimate of drug-likeness (QED) is 0.752. The van der Waals surface area contributed by atoms with Crippen molar-refractivity contribution in [2.24, 2.45) is 5.92 Å². The lowest BCUT2D eigenvalue weighted by molar-refractivity contribution is -0.0465. The maximum atomic E-state index is 9.36. The minimum absolute atomic E-state index is 0.151. The average molecular weight is 243 g/mol. The maximum Gasteiger partial charge on any atom is 0.0611 e. The van der Waals surface area contributed by atoms with E-state index in [1.54, 1.807) is 0 Å². The minimum atomic E-state index is -0.223. The highest BCUT2D eigenvalue weighted by Crippen LogP contribution is 2.27. The summed E-state index contributed by atoms with van der Waals surface area (Å²) in [7, 11) is 1.89. The van der Waals surface area contributed by atoms with Crippen LogP contribution in [0.4, 0.5) is 0 Å². The van der Waals surface area contributed by atoms with Gasteiger partial charge in [0.1, 0.15) is 0 Å². The van der Waals surface area contributed by atoms with Crippen LogP contribution in [0.25, 0.3) is 0 Å². The molecular weight excluding hydrogens is 214 g/mol. The van der Waals surface area contributed by atoms with Crippen molar-refractivity contribution in [3.63, 3.8) is 0 Å². The number of likely N-dealkylation sites (N-methyl/N-ethyl adjacent to an activating group) is 1. The third-order valence-electron chi connectivity index (χ3n) is 4.00. The van der Waals surface area contributed by atoms with Crippen molar-refractivity contribution in [3.8, 4) is 0 Å². The summed E-state index contributed by atoms with van der Waals surface area (Å²) in [6.45, 7) is 6.62. The SMILES string of the molecule is CNC(C)(CO)CC(C)OC1CCCC(C)C1. The molecule has 1 rings (SSSR count). The fourth-order valence-electron chi connectivity index (χ4n) is 2.76. The van der Waals surface area contributed by atoms with Gasteiger partial charge in [-0.25, -0.2) is 0 Å². The van der Waals surface area contributed by atoms with Crippen molar-refractivity contribution in [2.45, 2.75) is 70.6 Å². The number of aliphatic hydroxyl groups excluding tert-OH is 1. The van der Waals surface area contributed by atoms with Gasteiger partial charge in [0.05, 0.1) is 18.8 Å². The standard InChI is InChI=1S/C14H29NO2/c1-11-6-5-7-13(8-11)17-12(2)9-14(3,10-16)15-4/h11-13,15-16H,5-10H2,1-4H3. The van der Waals surface area contributed by atoms with Gasteiger partial charge in [-0.2, -0.15) is 0 Å². The van der Waals surface area contributed by atoms with Crippen molar-refractivity contribution < 1.29 is 9.84 Å². The van der Waals surface area contributed by atoms with E-state index < -0.39 is 0 Å². The lowest BCUT2D eigenvalue weighted by atomic mass is 9.88. The Kier molecular flexibility index (Phi) is 5.90. The molecule has 17 heavy (non-hydrogen) atoms. The molecule has 1 saturated carbocycles. The Morgan fingerprint density at radius 3 is 2.71 bits per heavy atom. The number of rotatable bonds is 6. The Balaban J connectivity index is 2.35. The van der Waals surface area contributed by atoms with Gasteiger partial charge in [-0.3, -0.25) is 0 Å². The number of hydrogen-bond donors (Lipinski definition) is 2. The van der Waals surface area contributed by atoms with E-state index in [1.807, 2.05) is 14.0 Å². The van der Waals surface area contributed by atoms with Crippen molar-refractivity contribution in [3.05, 3.63) is 0 Å². The summed E-state index contributed by atoms with van der Waals surface area (Å²) >= 11 is 0. The van der Waals surface area contributed by atoms with Crippen LogP contribution < -0.4 is 5.32 Å². The third-order valence-corrected chi connectivity index (χ3v) is 4.00. The Morgan fingerprint density at radius 2 is 2.18 bits per heavy atom. The van der Waals surface area contributed by atoms with Crippen LogP contribution in [0.2, 0.25) is 0 Å². The molecule has 0 bridgehead atoms. The fourth-order valence-corrected chi connectivity index (χ4v) is 2.76. The molecule has 0 amide bonds. The van der Waals surface area contributed by atoms with Crippen LogP contribution in [-0.2, 0) is 4.74 Å². The van der Waals surface area contributed by atoms with Crippen LogP contribution in [0.5, 0.6) is 0 Å². The van der Waals surface area contributed by atoms with Crippen molar-refractivity contribution >= 4 is 0 Å². The Morgan fingerprint density at radius 1 is 1.47 bits per heavy atom. The molecule has 0 aromatic rings. The molecule has 3 heteroatoms. The van der Waals surface area contributed by atoms with Crippen LogP contribution in [0.15, 0.2) is 0 Å². The minimum Gasteiger partial charge on any atom is -0.394 e. The molecule has 1 fully saturated rings. The zero-order valence-corrected chi connectivity index (χ0v) is 11.8. The number of ether oxygens (including phenoxy) is 1. The van der Waals surface area contributed by atoms with Crippen LogP contribution in [0, 0.1) is 5.92 Å². The summed E-state index contributed by atoms with van der Waals surface area (Å²) in [5.74, 6) is 0.800. The van der Waals surface area contributed by atoms with Gasteiger partial charge >= 0.3 is 0 Å². The lowest BCUT2D eigenvalue weighted by Crippen LogP contribution is -2.46. The molecule has 102 valence electrons. The molecule has 2 N–H and O–H groups in total. The summed E-state index contributed by atoms with van der Waals surface area (Å²) in [5, 5.41) is 12.5. The first kappa shape index (κ1) is 14.9. The van der Waals surface area contributed by atoms with Crippen LogP contribution in [-0.4, -0.2) is 36.5 Å². The van der Waals surface area contributed by atoms with E-state index in [2.05, 4.69) is 19.2 Å². The van der Waals surface area contributed by atoms with Gasteiger partial charge in [-0.15, -0.1) is 0 Å². The summed E-state index contributed by atoms with van der Waals surface area (Å²) in [4.78, 5) is 0. The summed E-state index contributed by atoms with van der Waals surface area (Å²) in [5.41, 5.74) is -0.223. The molecule has 0 aliphatic heterocycles. The smallest absolute Gasteiger partial charge is 0.0611 e. The zero-order chi connectivity index (χ0) is 12.9. The summed E-state index contributed by atoms with van der Waals surface area (Å²) in [6, 6.07) is 0. The lowest BCUT2D eigenvalue weighted by Gasteiger charge is -2.34. The predicted molar refractivity (Wildman–Crippen MR) is 71.1 cm³/mol. The van der Waals surface area contributed by atoms with E-state index in [0.717, 1.165) is 12.3 Å². The highest BCUT2D eigenvalue weighted by molar-refractivity contribution is 4.83. The number of nitrogens with one attached hydrogen (secondary N) is 1. The van der Waals surface area contributed by atoms with E-state index in [4.69, 9.17) is 4.74 Å². The third kappa shape index (κ3) is 4.94. The van der Waals surface area contributed by atoms with Crippen molar-refractivity contribution in [2.75, 3.05) is 13.7 Å². The van der Waals surface area contributed by atoms with Gasteiger partial charge in [-0.05, 0) is 46.1 Å². The molecule has 3 nitrogen and oxygen atoms in total. The molecule has 1 aliphatic carbocycles. The number of aliphatic hydroxyl groups is 1. The predicted octanol–water partition coefficient (Wildman–Crippen LogP) is 2.33. The first-order chi connectivity index (χ1) is 7.99. The Hall–Kier alpha value is -0.120. The molecule has 1 aliphatic rings. The Labute approximate surface area is 106 Å². The van der Waals surface area contributed by atoms with E-state index in [-0.39, 0.29) is 18.2 Å². The van der Waals surface area contributed by atoms with E-state index in [0.29, 0.717) is 6.10 Å². The highest BCUT2D eigenvalue weighted by Gasteiger charge is 2.27. The van der Waals surface area contributed by atoms with Crippen LogP contribution in [0.3, 0.4) is 0 Å². The first-order valence-electron chi connectivity index (χ1n) is 6.94. The number of hydrogen-bond acceptors (Lipinski definition) is 3. The molecule has 0 radical (unpaired) electrons. The Bertz CT molecular complexity index is 216. The van der Waals surface area contributed by atoms with Gasteiger partial charge in [0.2, 0.25) is 0 Å². The molecule has 0 spiro atoms. The zero-order valence-electron chi connectivity index (χ0n) is 11.8. The van der Waals surface area contributed by atoms with Gasteiger partial charge in [0.15, 0.2) is 0 Å². The first-order valence-corrected chi connectivity index (χ1v) is 6.94. The topological polar surface area (TPSA) is 41.5 Å². The van der Waals surface area contributed by atoms with Gasteiger partial charge in [0.25, 0.3) is 0 Å². The van der Waals surface area contributed by atoms with Gasteiger partial charge in [-0.1, -0.05) is 19.8 Å². The molecule has 4 unspecified atom stereocenters. The highest BCUT2D eigenvalue weighted by atomic mass is 16.5. The molecule has 0 aromatic heterocycles. The molecule has 0 aromatic carbocycles. The summed E-state index contributed by atoms with van der Waals surface area (Å²) < 4.78 is 6.11. The second-order valence-corrected chi connectivity index (χ2v) is 6.01. The summed E-state index contributed by atoms with van der Waals surface area (Å²) in [6.07, 6.45) is 6.51. The average Bonchev–Trinajstić information content (AvgIpc) is 2.28. The second kappa shape index (κ2) is 6.72. The van der Waals surface area contributed by atoms with Crippen molar-refractivity contribution in [1.82, 2.24) is 5.32 Å². The van der Waals surface area contributed by atoms with E-state index >= 15 is 0 Å². The van der Waals surface area contributed by atoms with Gasteiger partial charge < -0.3 is 15.2 Å². The fraction of sp³-hybridized carbons (Fsp3) is 1.00. The maximum absolute atomic E-state index is 9.36. The van der Waals surface area contributed by atoms with Crippen LogP contribution >= 0.6 is 0 Å². The normalized spacial score (nSPS) is 30.9. The molecule has 0 heterocycles. The second-order valence-electron chi connectivity index (χ2n) is 6.01. The van der Waals surface area contributed by atoms with E-state index in [1.165, 1.54) is 25.7 Å². The monoisotopic (exact) mass is 243 g/mol. The van der Waals surface area contributed by atoms with Crippen LogP contribution in [0.1, 0.15) is 52.9 Å². The van der Waals surface area contributed by atoms with Crippen molar-refractivity contribution in [1.29, 1.82) is 0 Å². The van der Waals surface area contributed by atoms with Gasteiger partial charge in [0, 0.05) is 5.54 Å².